The van der Waals surface area contributed by atoms with Gasteiger partial charge >= 0.3 is 6.03 Å². The Bertz CT molecular complexity index is 459. The Morgan fingerprint density at radius 1 is 1.41 bits per heavy atom. The predicted octanol–water partition coefficient (Wildman–Crippen LogP) is 1.30. The quantitative estimate of drug-likeness (QED) is 0.855. The summed E-state index contributed by atoms with van der Waals surface area (Å²) in [5.74, 6) is 0. The Labute approximate surface area is 102 Å². The molecule has 0 spiro atoms. The maximum absolute atomic E-state index is 11.4. The first-order chi connectivity index (χ1) is 8.34. The number of anilines is 1. The van der Waals surface area contributed by atoms with Gasteiger partial charge in [0.05, 0.1) is 6.20 Å². The molecule has 0 aliphatic carbocycles. The van der Waals surface area contributed by atoms with Crippen LogP contribution >= 0.6 is 11.5 Å². The van der Waals surface area contributed by atoms with Crippen molar-refractivity contribution in [2.24, 2.45) is 0 Å². The summed E-state index contributed by atoms with van der Waals surface area (Å²) in [6.45, 7) is 0.537. The summed E-state index contributed by atoms with van der Waals surface area (Å²) in [5, 5.41) is 9.61. The Morgan fingerprint density at radius 2 is 2.35 bits per heavy atom. The number of nitrogens with one attached hydrogen (secondary N) is 2. The first kappa shape index (κ1) is 11.5. The molecule has 6 nitrogen and oxygen atoms in total. The number of amides is 2. The SMILES string of the molecule is O=C(NCCc1ccccn1)Nc1cnns1. The van der Waals surface area contributed by atoms with E-state index in [0.717, 1.165) is 17.2 Å². The standard InChI is InChI=1S/C10H11N5OS/c16-10(14-9-7-13-15-17-9)12-6-4-8-3-1-2-5-11-8/h1-3,5,7H,4,6H2,(H2,12,14,16). The molecule has 2 aromatic heterocycles. The van der Waals surface area contributed by atoms with Gasteiger partial charge in [0.2, 0.25) is 0 Å². The molecule has 0 bridgehead atoms. The van der Waals surface area contributed by atoms with Crippen molar-refractivity contribution in [3.05, 3.63) is 36.3 Å². The van der Waals surface area contributed by atoms with E-state index in [9.17, 15) is 4.79 Å². The van der Waals surface area contributed by atoms with E-state index >= 15 is 0 Å². The van der Waals surface area contributed by atoms with Gasteiger partial charge in [0, 0.05) is 36.4 Å². The maximum atomic E-state index is 11.4. The first-order valence-corrected chi connectivity index (χ1v) is 5.84. The summed E-state index contributed by atoms with van der Waals surface area (Å²) >= 11 is 1.14. The number of hydrogen-bond acceptors (Lipinski definition) is 5. The predicted molar refractivity (Wildman–Crippen MR) is 64.9 cm³/mol. The zero-order valence-electron chi connectivity index (χ0n) is 8.96. The fraction of sp³-hybridized carbons (Fsp3) is 0.200. The largest absolute Gasteiger partial charge is 0.337 e. The van der Waals surface area contributed by atoms with Gasteiger partial charge in [0.25, 0.3) is 0 Å². The van der Waals surface area contributed by atoms with Crippen LogP contribution in [0.25, 0.3) is 0 Å². The van der Waals surface area contributed by atoms with E-state index in [1.807, 2.05) is 18.2 Å². The molecule has 2 N–H and O–H groups in total. The molecule has 0 atom stereocenters. The summed E-state index contributed by atoms with van der Waals surface area (Å²) in [6, 6.07) is 5.45. The highest BCUT2D eigenvalue weighted by molar-refractivity contribution is 7.10. The molecule has 7 heteroatoms. The fourth-order valence-electron chi connectivity index (χ4n) is 1.23. The van der Waals surface area contributed by atoms with Gasteiger partial charge in [0.1, 0.15) is 5.00 Å². The summed E-state index contributed by atoms with van der Waals surface area (Å²) in [7, 11) is 0. The van der Waals surface area contributed by atoms with Crippen LogP contribution in [0.15, 0.2) is 30.6 Å². The summed E-state index contributed by atoms with van der Waals surface area (Å²) in [5.41, 5.74) is 0.951. The van der Waals surface area contributed by atoms with Crippen LogP contribution in [0.1, 0.15) is 5.69 Å². The number of aromatic nitrogens is 3. The number of carbonyl (C=O) groups is 1. The van der Waals surface area contributed by atoms with E-state index in [1.54, 1.807) is 6.20 Å². The second-order valence-corrected chi connectivity index (χ2v) is 4.02. The average Bonchev–Trinajstić information content (AvgIpc) is 2.83. The summed E-state index contributed by atoms with van der Waals surface area (Å²) in [6.07, 6.45) is 3.94. The van der Waals surface area contributed by atoms with Crippen LogP contribution < -0.4 is 10.6 Å². The van der Waals surface area contributed by atoms with Gasteiger partial charge in [-0.1, -0.05) is 10.6 Å². The van der Waals surface area contributed by atoms with Crippen LogP contribution in [-0.2, 0) is 6.42 Å². The lowest BCUT2D eigenvalue weighted by atomic mass is 10.3. The topological polar surface area (TPSA) is 79.8 Å². The zero-order chi connectivity index (χ0) is 11.9. The minimum atomic E-state index is -0.257. The minimum absolute atomic E-state index is 0.257. The van der Waals surface area contributed by atoms with E-state index in [1.165, 1.54) is 6.20 Å². The van der Waals surface area contributed by atoms with Gasteiger partial charge in [-0.2, -0.15) is 0 Å². The molecular weight excluding hydrogens is 238 g/mol. The molecular formula is C10H11N5OS. The molecule has 0 fully saturated rings. The third-order valence-corrected chi connectivity index (χ3v) is 2.57. The van der Waals surface area contributed by atoms with Crippen LogP contribution in [0.4, 0.5) is 9.80 Å². The van der Waals surface area contributed by atoms with E-state index in [4.69, 9.17) is 0 Å². The molecule has 17 heavy (non-hydrogen) atoms. The minimum Gasteiger partial charge on any atom is -0.337 e. The van der Waals surface area contributed by atoms with Crippen molar-refractivity contribution in [1.29, 1.82) is 0 Å². The summed E-state index contributed by atoms with van der Waals surface area (Å²) in [4.78, 5) is 15.6. The zero-order valence-corrected chi connectivity index (χ0v) is 9.78. The van der Waals surface area contributed by atoms with E-state index in [0.29, 0.717) is 18.0 Å². The van der Waals surface area contributed by atoms with Crippen LogP contribution in [0.5, 0.6) is 0 Å². The van der Waals surface area contributed by atoms with Gasteiger partial charge in [-0.15, -0.1) is 5.10 Å². The number of carbonyl (C=O) groups excluding carboxylic acids is 1. The monoisotopic (exact) mass is 249 g/mol. The van der Waals surface area contributed by atoms with E-state index in [-0.39, 0.29) is 6.03 Å². The van der Waals surface area contributed by atoms with Gasteiger partial charge in [0.15, 0.2) is 0 Å². The molecule has 0 unspecified atom stereocenters. The van der Waals surface area contributed by atoms with Crippen LogP contribution in [0.2, 0.25) is 0 Å². The van der Waals surface area contributed by atoms with Crippen LogP contribution in [0.3, 0.4) is 0 Å². The van der Waals surface area contributed by atoms with Gasteiger partial charge in [-0.05, 0) is 12.1 Å². The highest BCUT2D eigenvalue weighted by Crippen LogP contribution is 2.08. The van der Waals surface area contributed by atoms with Crippen molar-refractivity contribution in [3.63, 3.8) is 0 Å². The molecule has 0 saturated carbocycles. The summed E-state index contributed by atoms with van der Waals surface area (Å²) < 4.78 is 3.64. The lowest BCUT2D eigenvalue weighted by Crippen LogP contribution is -2.30. The normalized spacial score (nSPS) is 9.88. The van der Waals surface area contributed by atoms with Crippen LogP contribution in [0, 0.1) is 0 Å². The average molecular weight is 249 g/mol. The van der Waals surface area contributed by atoms with Crippen molar-refractivity contribution in [1.82, 2.24) is 19.9 Å². The molecule has 2 amide bonds. The molecule has 2 heterocycles. The number of rotatable bonds is 4. The van der Waals surface area contributed by atoms with Crippen molar-refractivity contribution in [3.8, 4) is 0 Å². The molecule has 0 aromatic carbocycles. The second-order valence-electron chi connectivity index (χ2n) is 3.23. The van der Waals surface area contributed by atoms with E-state index < -0.39 is 0 Å². The Kier molecular flexibility index (Phi) is 3.98. The van der Waals surface area contributed by atoms with Crippen molar-refractivity contribution < 1.29 is 4.79 Å². The lowest BCUT2D eigenvalue weighted by Gasteiger charge is -2.04. The molecule has 0 aliphatic heterocycles. The van der Waals surface area contributed by atoms with Crippen molar-refractivity contribution in [2.45, 2.75) is 6.42 Å². The molecule has 0 aliphatic rings. The Balaban J connectivity index is 1.70. The Hall–Kier alpha value is -2.02. The van der Waals surface area contributed by atoms with Crippen molar-refractivity contribution in [2.75, 3.05) is 11.9 Å². The van der Waals surface area contributed by atoms with Gasteiger partial charge in [-0.3, -0.25) is 10.3 Å². The third-order valence-electron chi connectivity index (χ3n) is 1.99. The third kappa shape index (κ3) is 3.80. The lowest BCUT2D eigenvalue weighted by molar-refractivity contribution is 0.252. The fourth-order valence-corrected chi connectivity index (χ4v) is 1.64. The first-order valence-electron chi connectivity index (χ1n) is 5.07. The van der Waals surface area contributed by atoms with Gasteiger partial charge < -0.3 is 5.32 Å². The molecule has 2 aromatic rings. The van der Waals surface area contributed by atoms with Gasteiger partial charge in [-0.25, -0.2) is 4.79 Å². The molecule has 88 valence electrons. The number of urea groups is 1. The van der Waals surface area contributed by atoms with Crippen LogP contribution in [-0.4, -0.2) is 27.1 Å². The number of pyridine rings is 1. The highest BCUT2D eigenvalue weighted by atomic mass is 32.1. The molecule has 0 saturated heterocycles. The molecule has 2 rings (SSSR count). The number of hydrogen-bond donors (Lipinski definition) is 2. The maximum Gasteiger partial charge on any atom is 0.319 e. The smallest absolute Gasteiger partial charge is 0.319 e. The van der Waals surface area contributed by atoms with Crippen molar-refractivity contribution >= 4 is 22.6 Å². The second kappa shape index (κ2) is 5.90. The Morgan fingerprint density at radius 3 is 3.06 bits per heavy atom. The number of nitrogens with zero attached hydrogens (tertiary/aromatic N) is 3. The molecule has 0 radical (unpaired) electrons. The van der Waals surface area contributed by atoms with E-state index in [2.05, 4.69) is 25.2 Å². The highest BCUT2D eigenvalue weighted by Gasteiger charge is 2.02.